The zero-order chi connectivity index (χ0) is 55.4. The SMILES string of the molecule is CC(C)(C)c1cc2c(OCc3cn(Cc4ccc5ccc6cccc7ccc4c5c67)nn3)c(c1)Cn1cc(nn1)Cc1cc(C(C)(C)C)cc(c1OCc1cn(Cc3ccc4ccc5cccc6ccc3c4c56)nn1)Cn1cc(nn1)C2. The average Bonchev–Trinajstić information content (AvgIpc) is 3.32. The van der Waals surface area contributed by atoms with Gasteiger partial charge in [0.15, 0.2) is 0 Å². The standard InChI is InChI=1S/C68H60N12O2/c1-67(2,3)53-25-49-29-55-35-80(74-69-55)34-52-28-54(68(4,5)6)26-50(66(52)82-40-58-38-78(76-72-58)32-48-20-18-46-16-14-42-10-8-12-44-22-24-60(48)64(46)62(42)44)30-56-36-79(73-70-56)33-51(27-53)65(49)81-39-57-37-77(75-71-57)31-47-19-17-45-15-13-41-9-7-11-43-21-23-59(47)63(45)61(41)43/h7-28,35-38H,29-34,39-40H2,1-6H3. The van der Waals surface area contributed by atoms with Crippen LogP contribution in [0.2, 0.25) is 0 Å². The van der Waals surface area contributed by atoms with E-state index < -0.39 is 0 Å². The van der Waals surface area contributed by atoms with Crippen LogP contribution in [0.25, 0.3) is 64.6 Å². The van der Waals surface area contributed by atoms with Crippen molar-refractivity contribution < 1.29 is 9.47 Å². The second-order valence-electron chi connectivity index (χ2n) is 24.5. The van der Waals surface area contributed by atoms with Gasteiger partial charge in [-0.1, -0.05) is 184 Å². The van der Waals surface area contributed by atoms with Crippen LogP contribution in [0.15, 0.2) is 158 Å². The normalized spacial score (nSPS) is 13.2. The van der Waals surface area contributed by atoms with Crippen molar-refractivity contribution in [3.8, 4) is 11.5 Å². The maximum absolute atomic E-state index is 6.94. The fraction of sp³-hybridized carbons (Fsp3) is 0.235. The summed E-state index contributed by atoms with van der Waals surface area (Å²) in [7, 11) is 0. The molecule has 10 aromatic carbocycles. The Labute approximate surface area is 473 Å². The van der Waals surface area contributed by atoms with Crippen molar-refractivity contribution in [1.82, 2.24) is 60.0 Å². The smallest absolute Gasteiger partial charge is 0.134 e. The lowest BCUT2D eigenvalue weighted by Crippen LogP contribution is -2.15. The zero-order valence-corrected chi connectivity index (χ0v) is 46.9. The van der Waals surface area contributed by atoms with Crippen LogP contribution >= 0.6 is 0 Å². The molecule has 0 saturated carbocycles. The third-order valence-corrected chi connectivity index (χ3v) is 16.6. The second-order valence-corrected chi connectivity index (χ2v) is 24.5. The number of hydrogen-bond acceptors (Lipinski definition) is 10. The maximum atomic E-state index is 6.94. The molecule has 0 atom stereocenters. The summed E-state index contributed by atoms with van der Waals surface area (Å²) in [5.74, 6) is 1.52. The molecule has 0 amide bonds. The first-order chi connectivity index (χ1) is 39.8. The summed E-state index contributed by atoms with van der Waals surface area (Å²) in [6, 6.07) is 48.7. The first-order valence-corrected chi connectivity index (χ1v) is 28.2. The minimum atomic E-state index is -0.162. The Morgan fingerprint density at radius 2 is 0.780 bits per heavy atom. The Morgan fingerprint density at radius 3 is 1.20 bits per heavy atom. The van der Waals surface area contributed by atoms with E-state index in [1.54, 1.807) is 0 Å². The Morgan fingerprint density at radius 1 is 0.402 bits per heavy atom. The van der Waals surface area contributed by atoms with E-state index in [4.69, 9.17) is 30.1 Å². The molecule has 404 valence electrons. The number of rotatable bonds is 10. The number of aromatic nitrogens is 12. The molecule has 0 spiro atoms. The van der Waals surface area contributed by atoms with Crippen LogP contribution in [0.3, 0.4) is 0 Å². The zero-order valence-electron chi connectivity index (χ0n) is 46.9. The van der Waals surface area contributed by atoms with Gasteiger partial charge in [0.25, 0.3) is 0 Å². The van der Waals surface area contributed by atoms with E-state index in [1.807, 2.05) is 43.5 Å². The summed E-state index contributed by atoms with van der Waals surface area (Å²) < 4.78 is 21.5. The minimum absolute atomic E-state index is 0.162. The van der Waals surface area contributed by atoms with Gasteiger partial charge in [0.05, 0.1) is 50.0 Å². The molecule has 0 N–H and O–H groups in total. The molecule has 0 saturated heterocycles. The van der Waals surface area contributed by atoms with Gasteiger partial charge in [0, 0.05) is 47.5 Å². The van der Waals surface area contributed by atoms with E-state index in [9.17, 15) is 0 Å². The van der Waals surface area contributed by atoms with Crippen molar-refractivity contribution in [2.45, 2.75) is 105 Å². The molecule has 0 radical (unpaired) electrons. The number of hydrogen-bond donors (Lipinski definition) is 0. The number of ether oxygens (including phenoxy) is 2. The second kappa shape index (κ2) is 19.0. The quantitative estimate of drug-likeness (QED) is 0.122. The first kappa shape index (κ1) is 49.5. The molecule has 5 heterocycles. The molecule has 14 aromatic rings. The van der Waals surface area contributed by atoms with E-state index >= 15 is 0 Å². The average molecular weight is 1080 g/mol. The summed E-state index contributed by atoms with van der Waals surface area (Å²) in [6.45, 7) is 15.9. The molecule has 14 nitrogen and oxygen atoms in total. The van der Waals surface area contributed by atoms with Gasteiger partial charge in [-0.3, -0.25) is 0 Å². The highest BCUT2D eigenvalue weighted by atomic mass is 16.5. The lowest BCUT2D eigenvalue weighted by atomic mass is 9.84. The van der Waals surface area contributed by atoms with Gasteiger partial charge in [-0.05, 0) is 110 Å². The fourth-order valence-corrected chi connectivity index (χ4v) is 12.4. The minimum Gasteiger partial charge on any atom is -0.487 e. The van der Waals surface area contributed by atoms with Crippen LogP contribution in [0, 0.1) is 0 Å². The first-order valence-electron chi connectivity index (χ1n) is 28.2. The van der Waals surface area contributed by atoms with Gasteiger partial charge >= 0.3 is 0 Å². The van der Waals surface area contributed by atoms with Crippen molar-refractivity contribution in [3.63, 3.8) is 0 Å². The Hall–Kier alpha value is -9.56. The molecule has 1 aliphatic rings. The molecule has 14 heteroatoms. The molecule has 1 aliphatic heterocycles. The maximum Gasteiger partial charge on any atom is 0.134 e. The molecule has 15 rings (SSSR count). The third kappa shape index (κ3) is 8.98. The van der Waals surface area contributed by atoms with E-state index in [0.29, 0.717) is 39.0 Å². The molecule has 82 heavy (non-hydrogen) atoms. The van der Waals surface area contributed by atoms with Gasteiger partial charge in [-0.25, -0.2) is 18.7 Å². The van der Waals surface area contributed by atoms with Crippen LogP contribution in [0.5, 0.6) is 11.5 Å². The van der Waals surface area contributed by atoms with Crippen LogP contribution in [0.1, 0.15) is 109 Å². The van der Waals surface area contributed by atoms with Crippen LogP contribution in [-0.2, 0) is 63.1 Å². The van der Waals surface area contributed by atoms with E-state index in [1.165, 1.54) is 86.9 Å². The van der Waals surface area contributed by atoms with Crippen molar-refractivity contribution in [2.24, 2.45) is 0 Å². The Kier molecular flexibility index (Phi) is 11.5. The Balaban J connectivity index is 0.726. The summed E-state index contributed by atoms with van der Waals surface area (Å²) in [5.41, 5.74) is 11.4. The van der Waals surface area contributed by atoms with Crippen LogP contribution < -0.4 is 9.47 Å². The number of nitrogens with zero attached hydrogens (tertiary/aromatic N) is 12. The highest BCUT2D eigenvalue weighted by Crippen LogP contribution is 2.40. The lowest BCUT2D eigenvalue weighted by Gasteiger charge is -2.24. The van der Waals surface area contributed by atoms with Crippen molar-refractivity contribution in [2.75, 3.05) is 0 Å². The molecule has 0 fully saturated rings. The number of benzene rings is 10. The van der Waals surface area contributed by atoms with Crippen LogP contribution in [-0.4, -0.2) is 60.0 Å². The molecule has 0 aliphatic carbocycles. The van der Waals surface area contributed by atoms with Gasteiger partial charge in [0.2, 0.25) is 0 Å². The van der Waals surface area contributed by atoms with E-state index in [0.717, 1.165) is 56.5 Å². The number of fused-ring (bicyclic) bond motifs is 8. The third-order valence-electron chi connectivity index (χ3n) is 16.6. The van der Waals surface area contributed by atoms with Gasteiger partial charge in [0.1, 0.15) is 36.1 Å². The summed E-state index contributed by atoms with van der Waals surface area (Å²) in [6.07, 6.45) is 9.04. The Bertz CT molecular complexity index is 4340. The van der Waals surface area contributed by atoms with Crippen molar-refractivity contribution in [1.29, 1.82) is 0 Å². The van der Waals surface area contributed by atoms with Gasteiger partial charge < -0.3 is 9.47 Å². The highest BCUT2D eigenvalue weighted by molar-refractivity contribution is 6.24. The van der Waals surface area contributed by atoms with Crippen molar-refractivity contribution in [3.05, 3.63) is 226 Å². The van der Waals surface area contributed by atoms with Gasteiger partial charge in [-0.15, -0.1) is 20.4 Å². The van der Waals surface area contributed by atoms with E-state index in [-0.39, 0.29) is 24.0 Å². The predicted molar refractivity (Wildman–Crippen MR) is 321 cm³/mol. The predicted octanol–water partition coefficient (Wildman–Crippen LogP) is 13.3. The van der Waals surface area contributed by atoms with E-state index in [2.05, 4.69) is 196 Å². The largest absolute Gasteiger partial charge is 0.487 e. The topological polar surface area (TPSA) is 141 Å². The van der Waals surface area contributed by atoms with Crippen molar-refractivity contribution >= 4 is 64.6 Å². The summed E-state index contributed by atoms with van der Waals surface area (Å²) >= 11 is 0. The van der Waals surface area contributed by atoms with Gasteiger partial charge in [-0.2, -0.15) is 0 Å². The molecule has 0 unspecified atom stereocenters. The molecule has 8 bridgehead atoms. The monoisotopic (exact) mass is 1080 g/mol. The highest BCUT2D eigenvalue weighted by Gasteiger charge is 2.26. The molecular weight excluding hydrogens is 1020 g/mol. The molecule has 4 aromatic heterocycles. The van der Waals surface area contributed by atoms with Crippen LogP contribution in [0.4, 0.5) is 0 Å². The fourth-order valence-electron chi connectivity index (χ4n) is 12.4. The summed E-state index contributed by atoms with van der Waals surface area (Å²) in [5, 5.41) is 52.8. The molecular formula is C68H60N12O2. The lowest BCUT2D eigenvalue weighted by molar-refractivity contribution is 0.293. The summed E-state index contributed by atoms with van der Waals surface area (Å²) in [4.78, 5) is 0.